The monoisotopic (exact) mass is 384 g/mol. The molecule has 0 bridgehead atoms. The van der Waals surface area contributed by atoms with E-state index in [-0.39, 0.29) is 12.7 Å². The molecule has 1 saturated heterocycles. The second-order valence-electron chi connectivity index (χ2n) is 4.66. The maximum Gasteiger partial charge on any atom is 0.276 e. The number of nitrogens with zero attached hydrogens (tertiary/aromatic N) is 1. The Morgan fingerprint density at radius 2 is 2.18 bits per heavy atom. The Bertz CT molecular complexity index is 677. The molecule has 0 aliphatic carbocycles. The van der Waals surface area contributed by atoms with Crippen LogP contribution in [-0.2, 0) is 9.53 Å². The van der Waals surface area contributed by atoms with Crippen LogP contribution in [0.3, 0.4) is 0 Å². The first-order valence-corrected chi connectivity index (χ1v) is 7.73. The van der Waals surface area contributed by atoms with E-state index in [1.54, 1.807) is 13.2 Å². The van der Waals surface area contributed by atoms with Gasteiger partial charge in [-0.25, -0.2) is 0 Å². The second kappa shape index (κ2) is 6.23. The smallest absolute Gasteiger partial charge is 0.276 e. The van der Waals surface area contributed by atoms with Crippen molar-refractivity contribution in [2.24, 2.45) is 0 Å². The van der Waals surface area contributed by atoms with Gasteiger partial charge in [-0.05, 0) is 36.0 Å². The summed E-state index contributed by atoms with van der Waals surface area (Å²) in [5, 5.41) is 3.31. The van der Waals surface area contributed by atoms with Gasteiger partial charge in [-0.3, -0.25) is 9.69 Å². The minimum absolute atomic E-state index is 0.174. The molecule has 1 aromatic rings. The lowest BCUT2D eigenvalue weighted by Gasteiger charge is -2.12. The molecule has 3 rings (SSSR count). The first-order chi connectivity index (χ1) is 10.6. The van der Waals surface area contributed by atoms with Gasteiger partial charge in [-0.1, -0.05) is 15.9 Å². The van der Waals surface area contributed by atoms with Crippen molar-refractivity contribution in [2.75, 3.05) is 27.1 Å². The van der Waals surface area contributed by atoms with E-state index in [1.165, 1.54) is 4.90 Å². The van der Waals surface area contributed by atoms with Gasteiger partial charge in [-0.15, -0.1) is 0 Å². The van der Waals surface area contributed by atoms with Crippen molar-refractivity contribution in [3.05, 3.63) is 27.9 Å². The van der Waals surface area contributed by atoms with Gasteiger partial charge in [0.15, 0.2) is 16.6 Å². The highest BCUT2D eigenvalue weighted by molar-refractivity contribution is 9.10. The lowest BCUT2D eigenvalue weighted by Crippen LogP contribution is -2.33. The maximum atomic E-state index is 12.4. The number of hydrogen-bond donors (Lipinski definition) is 1. The lowest BCUT2D eigenvalue weighted by atomic mass is 10.1. The summed E-state index contributed by atoms with van der Waals surface area (Å²) in [7, 11) is 1.58. The van der Waals surface area contributed by atoms with Crippen LogP contribution in [0.4, 0.5) is 0 Å². The van der Waals surface area contributed by atoms with E-state index < -0.39 is 0 Å². The summed E-state index contributed by atoms with van der Waals surface area (Å²) in [4.78, 5) is 13.8. The summed E-state index contributed by atoms with van der Waals surface area (Å²) in [6.07, 6.45) is 1.73. The first kappa shape index (κ1) is 15.3. The zero-order valence-electron chi connectivity index (χ0n) is 11.7. The Kier molecular flexibility index (Phi) is 4.32. The number of methoxy groups -OCH3 is 1. The van der Waals surface area contributed by atoms with Crippen LogP contribution in [0.15, 0.2) is 22.3 Å². The number of carbonyl (C=O) groups is 1. The van der Waals surface area contributed by atoms with Crippen molar-refractivity contribution in [3.8, 4) is 11.5 Å². The fourth-order valence-electron chi connectivity index (χ4n) is 2.16. The summed E-state index contributed by atoms with van der Waals surface area (Å²) in [6.45, 7) is 1.04. The maximum absolute atomic E-state index is 12.4. The third-order valence-electron chi connectivity index (χ3n) is 3.27. The van der Waals surface area contributed by atoms with Crippen molar-refractivity contribution in [1.82, 2.24) is 10.2 Å². The topological polar surface area (TPSA) is 60.0 Å². The molecule has 2 aliphatic heterocycles. The van der Waals surface area contributed by atoms with E-state index in [9.17, 15) is 4.79 Å². The van der Waals surface area contributed by atoms with Gasteiger partial charge in [0.25, 0.3) is 5.91 Å². The predicted octanol–water partition coefficient (Wildman–Crippen LogP) is 1.88. The fourth-order valence-corrected chi connectivity index (χ4v) is 2.88. The number of rotatable bonds is 4. The Balaban J connectivity index is 1.87. The van der Waals surface area contributed by atoms with E-state index in [0.29, 0.717) is 35.5 Å². The minimum Gasteiger partial charge on any atom is -0.454 e. The molecular weight excluding hydrogens is 372 g/mol. The van der Waals surface area contributed by atoms with Crippen molar-refractivity contribution < 1.29 is 19.0 Å². The minimum atomic E-state index is -0.174. The Hall–Kier alpha value is -1.64. The molecule has 6 nitrogen and oxygen atoms in total. The molecule has 0 aromatic heterocycles. The number of thiocarbonyl (C=S) groups is 1. The molecule has 1 N–H and O–H groups in total. The Morgan fingerprint density at radius 1 is 1.45 bits per heavy atom. The third kappa shape index (κ3) is 2.81. The average Bonchev–Trinajstić information content (AvgIpc) is 3.03. The summed E-state index contributed by atoms with van der Waals surface area (Å²) in [6, 6.07) is 3.63. The van der Waals surface area contributed by atoms with Crippen molar-refractivity contribution >= 4 is 45.2 Å². The van der Waals surface area contributed by atoms with Gasteiger partial charge < -0.3 is 19.5 Å². The number of benzene rings is 1. The first-order valence-electron chi connectivity index (χ1n) is 6.53. The molecule has 1 amide bonds. The van der Waals surface area contributed by atoms with Gasteiger partial charge in [0.05, 0.1) is 13.2 Å². The predicted molar refractivity (Wildman–Crippen MR) is 87.6 cm³/mol. The van der Waals surface area contributed by atoms with Crippen LogP contribution in [0.5, 0.6) is 11.5 Å². The SMILES string of the molecule is COCCN1C(=O)/C(=C/c2cc3c(cc2Br)OCO3)NC1=S. The zero-order chi connectivity index (χ0) is 15.7. The quantitative estimate of drug-likeness (QED) is 0.631. The highest BCUT2D eigenvalue weighted by Crippen LogP contribution is 2.37. The van der Waals surface area contributed by atoms with Crippen LogP contribution in [0.25, 0.3) is 6.08 Å². The van der Waals surface area contributed by atoms with Gasteiger partial charge >= 0.3 is 0 Å². The van der Waals surface area contributed by atoms with Crippen LogP contribution >= 0.6 is 28.1 Å². The molecule has 0 atom stereocenters. The van der Waals surface area contributed by atoms with E-state index in [1.807, 2.05) is 12.1 Å². The van der Waals surface area contributed by atoms with E-state index in [2.05, 4.69) is 21.2 Å². The van der Waals surface area contributed by atoms with Gasteiger partial charge in [0.1, 0.15) is 5.70 Å². The van der Waals surface area contributed by atoms with Crippen molar-refractivity contribution in [1.29, 1.82) is 0 Å². The summed E-state index contributed by atoms with van der Waals surface area (Å²) in [5.74, 6) is 1.16. The molecule has 0 spiro atoms. The normalized spacial score (nSPS) is 18.3. The molecule has 1 aromatic carbocycles. The molecule has 0 radical (unpaired) electrons. The summed E-state index contributed by atoms with van der Waals surface area (Å²) >= 11 is 8.64. The molecular formula is C14H13BrN2O4S. The Morgan fingerprint density at radius 3 is 2.91 bits per heavy atom. The van der Waals surface area contributed by atoms with Crippen LogP contribution in [0, 0.1) is 0 Å². The number of carbonyl (C=O) groups excluding carboxylic acids is 1. The second-order valence-corrected chi connectivity index (χ2v) is 5.91. The van der Waals surface area contributed by atoms with Gasteiger partial charge in [0, 0.05) is 11.6 Å². The van der Waals surface area contributed by atoms with Crippen LogP contribution in [-0.4, -0.2) is 43.0 Å². The van der Waals surface area contributed by atoms with E-state index in [4.69, 9.17) is 26.4 Å². The van der Waals surface area contributed by atoms with E-state index in [0.717, 1.165) is 10.0 Å². The number of amides is 1. The molecule has 0 saturated carbocycles. The van der Waals surface area contributed by atoms with Crippen molar-refractivity contribution in [3.63, 3.8) is 0 Å². The highest BCUT2D eigenvalue weighted by atomic mass is 79.9. The number of nitrogens with one attached hydrogen (secondary N) is 1. The summed E-state index contributed by atoms with van der Waals surface area (Å²) < 4.78 is 16.4. The third-order valence-corrected chi connectivity index (χ3v) is 4.28. The number of fused-ring (bicyclic) bond motifs is 1. The lowest BCUT2D eigenvalue weighted by molar-refractivity contribution is -0.122. The van der Waals surface area contributed by atoms with Crippen molar-refractivity contribution in [2.45, 2.75) is 0 Å². The molecule has 2 heterocycles. The molecule has 8 heteroatoms. The van der Waals surface area contributed by atoms with Crippen LogP contribution in [0.2, 0.25) is 0 Å². The Labute approximate surface area is 141 Å². The molecule has 2 aliphatic rings. The van der Waals surface area contributed by atoms with Crippen LogP contribution < -0.4 is 14.8 Å². The van der Waals surface area contributed by atoms with Gasteiger partial charge in [-0.2, -0.15) is 0 Å². The zero-order valence-corrected chi connectivity index (χ0v) is 14.1. The number of halogens is 1. The number of ether oxygens (including phenoxy) is 3. The van der Waals surface area contributed by atoms with Crippen LogP contribution in [0.1, 0.15) is 5.56 Å². The largest absolute Gasteiger partial charge is 0.454 e. The number of hydrogen-bond acceptors (Lipinski definition) is 5. The molecule has 116 valence electrons. The highest BCUT2D eigenvalue weighted by Gasteiger charge is 2.30. The van der Waals surface area contributed by atoms with E-state index >= 15 is 0 Å². The van der Waals surface area contributed by atoms with Gasteiger partial charge in [0.2, 0.25) is 6.79 Å². The summed E-state index contributed by atoms with van der Waals surface area (Å²) in [5.41, 5.74) is 1.22. The average molecular weight is 385 g/mol. The molecule has 0 unspecified atom stereocenters. The molecule has 22 heavy (non-hydrogen) atoms. The molecule has 1 fully saturated rings. The fraction of sp³-hybridized carbons (Fsp3) is 0.286. The standard InChI is InChI=1S/C14H13BrN2O4S/c1-19-3-2-17-13(18)10(16-14(17)22)4-8-5-11-12(6-9(8)15)21-7-20-11/h4-6H,2-3,7H2,1H3,(H,16,22)/b10-4-.